The summed E-state index contributed by atoms with van der Waals surface area (Å²) in [6.07, 6.45) is -2.71. The number of carbonyl (C=O) groups excluding carboxylic acids is 1. The van der Waals surface area contributed by atoms with Crippen LogP contribution in [0.1, 0.15) is 40.5 Å². The Morgan fingerprint density at radius 3 is 2.33 bits per heavy atom. The number of halogens is 3. The zero-order valence-electron chi connectivity index (χ0n) is 16.4. The first-order valence-corrected chi connectivity index (χ1v) is 8.99. The van der Waals surface area contributed by atoms with Crippen LogP contribution < -0.4 is 5.32 Å². The first-order chi connectivity index (χ1) is 12.4. The number of nitrogens with one attached hydrogen (secondary N) is 1. The molecule has 2 aliphatic rings. The molecule has 2 rings (SSSR count). The number of ether oxygens (including phenoxy) is 3. The van der Waals surface area contributed by atoms with Crippen molar-refractivity contribution in [3.8, 4) is 0 Å². The summed E-state index contributed by atoms with van der Waals surface area (Å²) in [5, 5.41) is 2.57. The largest absolute Gasteiger partial charge is 0.416 e. The Labute approximate surface area is 157 Å². The number of fused-ring (bicyclic) bond motifs is 2. The van der Waals surface area contributed by atoms with Gasteiger partial charge in [0.2, 0.25) is 0 Å². The van der Waals surface area contributed by atoms with Gasteiger partial charge in [-0.25, -0.2) is 0 Å². The summed E-state index contributed by atoms with van der Waals surface area (Å²) in [4.78, 5) is 12.3. The molecule has 2 aliphatic heterocycles. The monoisotopic (exact) mass is 391 g/mol. The van der Waals surface area contributed by atoms with Gasteiger partial charge >= 0.3 is 6.18 Å². The SMILES string of the molecule is COC(C)(C)CCOC(C)(C)CCNC(=O)C1=C(C(F)(F)F)C2C=CC1O2. The number of methoxy groups -OCH3 is 1. The third kappa shape index (κ3) is 5.56. The van der Waals surface area contributed by atoms with E-state index in [2.05, 4.69) is 5.32 Å². The normalized spacial score (nSPS) is 22.7. The molecule has 2 atom stereocenters. The van der Waals surface area contributed by atoms with Crippen molar-refractivity contribution in [3.05, 3.63) is 23.3 Å². The fourth-order valence-electron chi connectivity index (χ4n) is 2.97. The topological polar surface area (TPSA) is 56.8 Å². The Morgan fingerprint density at radius 2 is 1.74 bits per heavy atom. The molecule has 27 heavy (non-hydrogen) atoms. The molecule has 1 N–H and O–H groups in total. The van der Waals surface area contributed by atoms with Crippen molar-refractivity contribution in [2.24, 2.45) is 0 Å². The van der Waals surface area contributed by atoms with Crippen molar-refractivity contribution in [2.75, 3.05) is 20.3 Å². The lowest BCUT2D eigenvalue weighted by atomic mass is 9.95. The maximum atomic E-state index is 13.2. The molecule has 0 fully saturated rings. The molecular formula is C19H28F3NO4. The van der Waals surface area contributed by atoms with Crippen molar-refractivity contribution in [1.29, 1.82) is 0 Å². The van der Waals surface area contributed by atoms with Crippen LogP contribution in [0.4, 0.5) is 13.2 Å². The van der Waals surface area contributed by atoms with Crippen molar-refractivity contribution in [3.63, 3.8) is 0 Å². The van der Waals surface area contributed by atoms with E-state index in [-0.39, 0.29) is 17.7 Å². The lowest BCUT2D eigenvalue weighted by Gasteiger charge is -2.29. The van der Waals surface area contributed by atoms with Gasteiger partial charge in [-0.15, -0.1) is 0 Å². The minimum atomic E-state index is -4.59. The average Bonchev–Trinajstić information content (AvgIpc) is 3.14. The standard InChI is InChI=1S/C19H28F3NO4/c1-17(2,25-5)9-11-26-18(3,4)8-10-23-16(24)14-12-6-7-13(27-12)15(14)19(20,21)22/h6-7,12-13H,8-11H2,1-5H3,(H,23,24). The summed E-state index contributed by atoms with van der Waals surface area (Å²) < 4.78 is 56.0. The van der Waals surface area contributed by atoms with E-state index < -0.39 is 35.5 Å². The summed E-state index contributed by atoms with van der Waals surface area (Å²) in [6.45, 7) is 8.36. The minimum Gasteiger partial charge on any atom is -0.379 e. The van der Waals surface area contributed by atoms with Crippen LogP contribution in [0.5, 0.6) is 0 Å². The zero-order valence-corrected chi connectivity index (χ0v) is 16.4. The lowest BCUT2D eigenvalue weighted by Crippen LogP contribution is -2.37. The maximum Gasteiger partial charge on any atom is 0.416 e. The maximum absolute atomic E-state index is 13.2. The Bertz CT molecular complexity index is 623. The van der Waals surface area contributed by atoms with Crippen LogP contribution in [0.25, 0.3) is 0 Å². The predicted molar refractivity (Wildman–Crippen MR) is 94.2 cm³/mol. The Kier molecular flexibility index (Phi) is 6.44. The summed E-state index contributed by atoms with van der Waals surface area (Å²) in [7, 11) is 1.64. The number of rotatable bonds is 9. The van der Waals surface area contributed by atoms with E-state index in [1.807, 2.05) is 27.7 Å². The molecule has 1 amide bonds. The van der Waals surface area contributed by atoms with E-state index >= 15 is 0 Å². The highest BCUT2D eigenvalue weighted by Crippen LogP contribution is 2.43. The van der Waals surface area contributed by atoms with Crippen LogP contribution in [0.2, 0.25) is 0 Å². The molecule has 154 valence electrons. The Morgan fingerprint density at radius 1 is 1.11 bits per heavy atom. The second-order valence-electron chi connectivity index (χ2n) is 8.02. The van der Waals surface area contributed by atoms with Gasteiger partial charge in [-0.05, 0) is 40.5 Å². The average molecular weight is 391 g/mol. The second kappa shape index (κ2) is 7.93. The second-order valence-corrected chi connectivity index (χ2v) is 8.02. The van der Waals surface area contributed by atoms with E-state index in [9.17, 15) is 18.0 Å². The van der Waals surface area contributed by atoms with E-state index in [0.717, 1.165) is 0 Å². The quantitative estimate of drug-likeness (QED) is 0.613. The van der Waals surface area contributed by atoms with Gasteiger partial charge in [-0.2, -0.15) is 13.2 Å². The van der Waals surface area contributed by atoms with Gasteiger partial charge in [0.05, 0.1) is 29.0 Å². The Balaban J connectivity index is 1.86. The van der Waals surface area contributed by atoms with Gasteiger partial charge in [-0.3, -0.25) is 4.79 Å². The summed E-state index contributed by atoms with van der Waals surface area (Å²) in [5.74, 6) is -0.740. The van der Waals surface area contributed by atoms with Gasteiger partial charge in [0.1, 0.15) is 12.2 Å². The van der Waals surface area contributed by atoms with Crippen molar-refractivity contribution in [1.82, 2.24) is 5.32 Å². The van der Waals surface area contributed by atoms with E-state index in [4.69, 9.17) is 14.2 Å². The van der Waals surface area contributed by atoms with Crippen LogP contribution in [-0.2, 0) is 19.0 Å². The van der Waals surface area contributed by atoms with Crippen molar-refractivity contribution in [2.45, 2.75) is 70.1 Å². The van der Waals surface area contributed by atoms with Crippen LogP contribution in [-0.4, -0.2) is 55.8 Å². The van der Waals surface area contributed by atoms with Gasteiger partial charge in [0, 0.05) is 13.7 Å². The highest BCUT2D eigenvalue weighted by Gasteiger charge is 2.51. The summed E-state index contributed by atoms with van der Waals surface area (Å²) in [6, 6.07) is 0. The number of hydrogen-bond acceptors (Lipinski definition) is 4. The fourth-order valence-corrected chi connectivity index (χ4v) is 2.97. The smallest absolute Gasteiger partial charge is 0.379 e. The molecule has 0 aliphatic carbocycles. The van der Waals surface area contributed by atoms with Crippen LogP contribution in [0.3, 0.4) is 0 Å². The molecule has 0 aromatic heterocycles. The molecular weight excluding hydrogens is 363 g/mol. The van der Waals surface area contributed by atoms with E-state index in [1.165, 1.54) is 12.2 Å². The lowest BCUT2D eigenvalue weighted by molar-refractivity contribution is -0.119. The molecule has 2 unspecified atom stereocenters. The van der Waals surface area contributed by atoms with E-state index in [0.29, 0.717) is 19.4 Å². The fraction of sp³-hybridized carbons (Fsp3) is 0.737. The highest BCUT2D eigenvalue weighted by atomic mass is 19.4. The van der Waals surface area contributed by atoms with E-state index in [1.54, 1.807) is 7.11 Å². The molecule has 0 saturated carbocycles. The molecule has 5 nitrogen and oxygen atoms in total. The number of carbonyl (C=O) groups is 1. The molecule has 2 heterocycles. The van der Waals surface area contributed by atoms with Crippen molar-refractivity contribution >= 4 is 5.91 Å². The number of hydrogen-bond donors (Lipinski definition) is 1. The molecule has 0 aromatic carbocycles. The van der Waals surface area contributed by atoms with Crippen LogP contribution >= 0.6 is 0 Å². The molecule has 0 saturated heterocycles. The number of amides is 1. The number of alkyl halides is 3. The highest BCUT2D eigenvalue weighted by molar-refractivity contribution is 5.97. The first-order valence-electron chi connectivity index (χ1n) is 8.99. The Hall–Kier alpha value is -1.38. The van der Waals surface area contributed by atoms with Gasteiger partial charge in [-0.1, -0.05) is 12.2 Å². The molecule has 0 aromatic rings. The molecule has 0 radical (unpaired) electrons. The van der Waals surface area contributed by atoms with Gasteiger partial charge in [0.25, 0.3) is 5.91 Å². The van der Waals surface area contributed by atoms with Crippen LogP contribution in [0.15, 0.2) is 23.3 Å². The third-order valence-corrected chi connectivity index (χ3v) is 4.93. The minimum absolute atomic E-state index is 0.204. The summed E-state index contributed by atoms with van der Waals surface area (Å²) >= 11 is 0. The van der Waals surface area contributed by atoms with Crippen molar-refractivity contribution < 1.29 is 32.2 Å². The third-order valence-electron chi connectivity index (χ3n) is 4.93. The predicted octanol–water partition coefficient (Wildman–Crippen LogP) is 3.30. The first kappa shape index (κ1) is 21.9. The van der Waals surface area contributed by atoms with Gasteiger partial charge in [0.15, 0.2) is 0 Å². The molecule has 2 bridgehead atoms. The van der Waals surface area contributed by atoms with Gasteiger partial charge < -0.3 is 19.5 Å². The zero-order chi connectivity index (χ0) is 20.5. The summed E-state index contributed by atoms with van der Waals surface area (Å²) in [5.41, 5.74) is -2.05. The van der Waals surface area contributed by atoms with Crippen LogP contribution in [0, 0.1) is 0 Å². The molecule has 0 spiro atoms. The molecule has 8 heteroatoms.